The van der Waals surface area contributed by atoms with Gasteiger partial charge in [-0.3, -0.25) is 24.6 Å². The molecule has 35 heavy (non-hydrogen) atoms. The van der Waals surface area contributed by atoms with Crippen LogP contribution in [0.4, 0.5) is 4.79 Å². The molecule has 2 aliphatic heterocycles. The van der Waals surface area contributed by atoms with E-state index in [0.717, 1.165) is 15.0 Å². The highest BCUT2D eigenvalue weighted by Gasteiger charge is 2.44. The van der Waals surface area contributed by atoms with Crippen LogP contribution in [0, 0.1) is 0 Å². The van der Waals surface area contributed by atoms with E-state index in [0.29, 0.717) is 29.7 Å². The molecule has 13 heteroatoms. The van der Waals surface area contributed by atoms with Gasteiger partial charge in [-0.2, -0.15) is 0 Å². The molecule has 12 nitrogen and oxygen atoms in total. The van der Waals surface area contributed by atoms with Crippen LogP contribution in [0.5, 0.6) is 0 Å². The number of aryl methyl sites for hydroxylation is 1. The maximum Gasteiger partial charge on any atom is 0.358 e. The summed E-state index contributed by atoms with van der Waals surface area (Å²) in [7, 11) is 0. The first kappa shape index (κ1) is 25.9. The van der Waals surface area contributed by atoms with E-state index in [1.165, 1.54) is 6.07 Å². The molecule has 2 fully saturated rings. The smallest absolute Gasteiger partial charge is 0.358 e. The molecule has 0 radical (unpaired) electrons. The third kappa shape index (κ3) is 5.88. The molecule has 2 saturated heterocycles. The van der Waals surface area contributed by atoms with Gasteiger partial charge in [-0.05, 0) is 37.0 Å². The molecule has 2 heterocycles. The number of carboxylic acid groups (broad SMARTS) is 1. The zero-order chi connectivity index (χ0) is 25.7. The average molecular weight is 508 g/mol. The third-order valence-corrected chi connectivity index (χ3v) is 6.02. The highest BCUT2D eigenvalue weighted by Crippen LogP contribution is 2.24. The molecule has 0 aliphatic carbocycles. The number of hydrogen-bond acceptors (Lipinski definition) is 6. The fourth-order valence-electron chi connectivity index (χ4n) is 4.07. The van der Waals surface area contributed by atoms with Crippen molar-refractivity contribution in [2.75, 3.05) is 13.1 Å². The lowest BCUT2D eigenvalue weighted by molar-refractivity contribution is -0.155. The molecule has 1 aromatic carbocycles. The molecule has 1 aromatic rings. The molecule has 5 amide bonds. The van der Waals surface area contributed by atoms with Crippen molar-refractivity contribution in [1.29, 1.82) is 0 Å². The van der Waals surface area contributed by atoms with Crippen LogP contribution in [0.1, 0.15) is 48.5 Å². The van der Waals surface area contributed by atoms with Crippen LogP contribution in [0.3, 0.4) is 0 Å². The first-order valence-electron chi connectivity index (χ1n) is 11.1. The van der Waals surface area contributed by atoms with Crippen LogP contribution < -0.4 is 10.7 Å². The summed E-state index contributed by atoms with van der Waals surface area (Å²) >= 11 is 6.04. The minimum absolute atomic E-state index is 0.0942. The quantitative estimate of drug-likeness (QED) is 0.438. The molecule has 3 N–H and O–H groups in total. The molecule has 0 aromatic heterocycles. The summed E-state index contributed by atoms with van der Waals surface area (Å²) in [6.07, 6.45) is 0.708. The zero-order valence-electron chi connectivity index (χ0n) is 19.0. The summed E-state index contributed by atoms with van der Waals surface area (Å²) in [5.41, 5.74) is 3.50. The van der Waals surface area contributed by atoms with E-state index >= 15 is 0 Å². The van der Waals surface area contributed by atoms with Gasteiger partial charge in [0.15, 0.2) is 0 Å². The second-order valence-corrected chi connectivity index (χ2v) is 8.59. The van der Waals surface area contributed by atoms with Crippen molar-refractivity contribution in [3.05, 3.63) is 34.3 Å². The maximum atomic E-state index is 13.4. The lowest BCUT2D eigenvalue weighted by atomic mass is 10.1. The van der Waals surface area contributed by atoms with Crippen molar-refractivity contribution in [2.24, 2.45) is 0 Å². The fraction of sp³-hybridized carbons (Fsp3) is 0.455. The van der Waals surface area contributed by atoms with Crippen LogP contribution in [-0.4, -0.2) is 81.3 Å². The summed E-state index contributed by atoms with van der Waals surface area (Å²) < 4.78 is 0. The van der Waals surface area contributed by atoms with Gasteiger partial charge in [-0.1, -0.05) is 24.6 Å². The normalized spacial score (nSPS) is 18.9. The lowest BCUT2D eigenvalue weighted by Crippen LogP contribution is -2.64. The summed E-state index contributed by atoms with van der Waals surface area (Å²) in [6.45, 7) is 1.93. The Kier molecular flexibility index (Phi) is 8.28. The minimum Gasteiger partial charge on any atom is -0.481 e. The molecule has 2 atom stereocenters. The van der Waals surface area contributed by atoms with Crippen LogP contribution in [0.15, 0.2) is 18.2 Å². The van der Waals surface area contributed by atoms with Crippen LogP contribution >= 0.6 is 11.6 Å². The summed E-state index contributed by atoms with van der Waals surface area (Å²) in [5.74, 6) is -3.07. The highest BCUT2D eigenvalue weighted by atomic mass is 35.5. The highest BCUT2D eigenvalue weighted by molar-refractivity contribution is 6.31. The number of aliphatic carboxylic acids is 1. The number of nitrogens with one attached hydrogen (secondary N) is 2. The van der Waals surface area contributed by atoms with Gasteiger partial charge < -0.3 is 15.2 Å². The van der Waals surface area contributed by atoms with E-state index in [9.17, 15) is 28.8 Å². The first-order chi connectivity index (χ1) is 16.7. The number of nitrogens with zero attached hydrogens (tertiary/aromatic N) is 3. The Balaban J connectivity index is 1.84. The number of hydrogen-bond donors (Lipinski definition) is 3. The van der Waals surface area contributed by atoms with E-state index in [2.05, 4.69) is 10.7 Å². The average Bonchev–Trinajstić information content (AvgIpc) is 2.95. The predicted octanol–water partition coefficient (Wildman–Crippen LogP) is 0.739. The van der Waals surface area contributed by atoms with Gasteiger partial charge in [0.05, 0.1) is 19.0 Å². The topological polar surface area (TPSA) is 156 Å². The number of rotatable bonds is 8. The lowest BCUT2D eigenvalue weighted by Gasteiger charge is -2.43. The molecular formula is C22H26ClN5O7. The largest absolute Gasteiger partial charge is 0.481 e. The number of urea groups is 1. The SMILES string of the molecule is CCc1ccc(Cl)cc1C(=O)NN1CCC(=O)N2CCC[C@@H](C(=O)N[C@H](C=O)CC(=O)O)N2C1=O. The number of carbonyl (C=O) groups is 6. The van der Waals surface area contributed by atoms with Gasteiger partial charge in [0.1, 0.15) is 12.3 Å². The maximum absolute atomic E-state index is 13.4. The van der Waals surface area contributed by atoms with E-state index in [-0.39, 0.29) is 31.5 Å². The Morgan fingerprint density at radius 3 is 2.66 bits per heavy atom. The fourth-order valence-corrected chi connectivity index (χ4v) is 4.24. The van der Waals surface area contributed by atoms with E-state index in [4.69, 9.17) is 16.7 Å². The van der Waals surface area contributed by atoms with Gasteiger partial charge in [-0.15, -0.1) is 0 Å². The number of fused-ring (bicyclic) bond motifs is 1. The standard InChI is InChI=1S/C22H26ClN5O7/c1-2-13-5-6-14(23)10-16(13)20(33)25-26-9-7-18(30)27-8-3-4-17(28(27)22(26)35)21(34)24-15(12-29)11-19(31)32/h5-6,10,12,15,17H,2-4,7-9,11H2,1H3,(H,24,34)(H,25,33)(H,31,32)/t15-,17-/m0/s1. The van der Waals surface area contributed by atoms with E-state index in [1.54, 1.807) is 12.1 Å². The number of amides is 5. The van der Waals surface area contributed by atoms with Crippen molar-refractivity contribution in [3.8, 4) is 0 Å². The second-order valence-electron chi connectivity index (χ2n) is 8.15. The molecule has 0 unspecified atom stereocenters. The van der Waals surface area contributed by atoms with Crippen LogP contribution in [0.2, 0.25) is 5.02 Å². The number of carboxylic acids is 1. The van der Waals surface area contributed by atoms with Gasteiger partial charge >= 0.3 is 12.0 Å². The number of hydrazine groups is 2. The Morgan fingerprint density at radius 2 is 2.00 bits per heavy atom. The summed E-state index contributed by atoms with van der Waals surface area (Å²) in [4.78, 5) is 74.2. The van der Waals surface area contributed by atoms with Crippen LogP contribution in [0.25, 0.3) is 0 Å². The summed E-state index contributed by atoms with van der Waals surface area (Å²) in [6, 6.07) is 1.57. The second kappa shape index (κ2) is 11.2. The van der Waals surface area contributed by atoms with Gasteiger partial charge in [0.2, 0.25) is 11.8 Å². The van der Waals surface area contributed by atoms with Crippen molar-refractivity contribution in [2.45, 2.75) is 51.1 Å². The molecule has 0 bridgehead atoms. The monoisotopic (exact) mass is 507 g/mol. The van der Waals surface area contributed by atoms with Gasteiger partial charge in [-0.25, -0.2) is 19.8 Å². The number of benzene rings is 1. The molecule has 0 spiro atoms. The number of halogens is 1. The third-order valence-electron chi connectivity index (χ3n) is 5.79. The zero-order valence-corrected chi connectivity index (χ0v) is 19.8. The molecular weight excluding hydrogens is 482 g/mol. The van der Waals surface area contributed by atoms with E-state index < -0.39 is 48.2 Å². The summed E-state index contributed by atoms with van der Waals surface area (Å²) in [5, 5.41) is 14.7. The minimum atomic E-state index is -1.29. The van der Waals surface area contributed by atoms with Crippen molar-refractivity contribution in [3.63, 3.8) is 0 Å². The Hall–Kier alpha value is -3.67. The van der Waals surface area contributed by atoms with Gasteiger partial charge in [0.25, 0.3) is 5.91 Å². The first-order valence-corrected chi connectivity index (χ1v) is 11.5. The predicted molar refractivity (Wildman–Crippen MR) is 122 cm³/mol. The Bertz CT molecular complexity index is 1050. The molecule has 188 valence electrons. The Labute approximate surface area is 206 Å². The van der Waals surface area contributed by atoms with Crippen LogP contribution in [-0.2, 0) is 25.6 Å². The number of carbonyl (C=O) groups excluding carboxylic acids is 5. The molecule has 2 aliphatic rings. The van der Waals surface area contributed by atoms with Gasteiger partial charge in [0, 0.05) is 23.6 Å². The molecule has 3 rings (SSSR count). The van der Waals surface area contributed by atoms with Crippen molar-refractivity contribution >= 4 is 47.6 Å². The van der Waals surface area contributed by atoms with E-state index in [1.807, 2.05) is 6.92 Å². The van der Waals surface area contributed by atoms with Crippen molar-refractivity contribution in [1.82, 2.24) is 25.8 Å². The molecule has 0 saturated carbocycles. The number of aldehydes is 1. The van der Waals surface area contributed by atoms with Crippen molar-refractivity contribution < 1.29 is 33.9 Å². The Morgan fingerprint density at radius 1 is 1.26 bits per heavy atom.